The number of rotatable bonds is 5. The molecular formula is C45H51N3O9S. The van der Waals surface area contributed by atoms with Crippen molar-refractivity contribution in [2.24, 2.45) is 0 Å². The van der Waals surface area contributed by atoms with E-state index in [1.165, 1.54) is 7.11 Å². The van der Waals surface area contributed by atoms with Crippen LogP contribution in [0.25, 0.3) is 0 Å². The van der Waals surface area contributed by atoms with E-state index in [9.17, 15) is 15.0 Å². The smallest absolute Gasteiger partial charge is 0.331 e. The molecule has 1 spiro atoms. The highest BCUT2D eigenvalue weighted by Crippen LogP contribution is 2.56. The molecule has 0 aromatic heterocycles. The predicted octanol–water partition coefficient (Wildman–Crippen LogP) is 6.60. The average molecular weight is 810 g/mol. The van der Waals surface area contributed by atoms with Gasteiger partial charge >= 0.3 is 5.97 Å². The van der Waals surface area contributed by atoms with Crippen LogP contribution in [-0.4, -0.2) is 96.8 Å². The maximum Gasteiger partial charge on any atom is 0.331 e. The van der Waals surface area contributed by atoms with Crippen molar-refractivity contribution in [2.45, 2.75) is 75.5 Å². The number of phenols is 2. The molecule has 5 aliphatic heterocycles. The highest BCUT2D eigenvalue weighted by atomic mass is 32.2. The van der Waals surface area contributed by atoms with Gasteiger partial charge < -0.3 is 38.6 Å². The largest absolute Gasteiger partial charge is 0.504 e. The summed E-state index contributed by atoms with van der Waals surface area (Å²) in [7, 11) is 5.27. The van der Waals surface area contributed by atoms with Gasteiger partial charge in [-0.05, 0) is 87.2 Å². The van der Waals surface area contributed by atoms with Crippen LogP contribution in [0.4, 0.5) is 0 Å². The van der Waals surface area contributed by atoms with Gasteiger partial charge in [0.2, 0.25) is 6.79 Å². The zero-order chi connectivity index (χ0) is 40.6. The van der Waals surface area contributed by atoms with Crippen molar-refractivity contribution in [3.05, 3.63) is 93.0 Å². The molecule has 5 heterocycles. The van der Waals surface area contributed by atoms with Gasteiger partial charge in [-0.25, -0.2) is 4.79 Å². The first-order valence-electron chi connectivity index (χ1n) is 19.9. The van der Waals surface area contributed by atoms with Crippen molar-refractivity contribution in [1.29, 1.82) is 0 Å². The number of thioether (sulfide) groups is 1. The van der Waals surface area contributed by atoms with Crippen LogP contribution in [0.2, 0.25) is 0 Å². The molecule has 0 saturated carbocycles. The zero-order valence-electron chi connectivity index (χ0n) is 34.0. The number of nitrogens with one attached hydrogen (secondary N) is 1. The number of ether oxygens (including phenoxy) is 6. The third-order valence-electron chi connectivity index (χ3n) is 13.1. The van der Waals surface area contributed by atoms with E-state index in [1.54, 1.807) is 31.0 Å². The van der Waals surface area contributed by atoms with Crippen LogP contribution < -0.4 is 29.0 Å². The molecule has 2 bridgehead atoms. The number of phenolic OH excluding ortho intramolecular Hbond substituents is 2. The fraction of sp³-hybridized carbons (Fsp3) is 0.444. The molecule has 5 aliphatic rings. The first kappa shape index (κ1) is 38.7. The fourth-order valence-electron chi connectivity index (χ4n) is 10.3. The molecule has 5 unspecified atom stereocenters. The van der Waals surface area contributed by atoms with E-state index in [0.717, 1.165) is 50.9 Å². The lowest BCUT2D eigenvalue weighted by Gasteiger charge is -2.58. The van der Waals surface area contributed by atoms with Crippen LogP contribution >= 0.6 is 11.8 Å². The third kappa shape index (κ3) is 5.95. The molecule has 12 nitrogen and oxygen atoms in total. The van der Waals surface area contributed by atoms with Crippen molar-refractivity contribution in [2.75, 3.05) is 53.5 Å². The number of esters is 1. The van der Waals surface area contributed by atoms with Gasteiger partial charge in [-0.1, -0.05) is 31.2 Å². The molecule has 13 heteroatoms. The number of carbonyl (C=O) groups excluding carboxylic acids is 1. The van der Waals surface area contributed by atoms with Crippen LogP contribution in [0.15, 0.2) is 48.5 Å². The van der Waals surface area contributed by atoms with Gasteiger partial charge in [0.05, 0.1) is 26.3 Å². The zero-order valence-corrected chi connectivity index (χ0v) is 34.8. The number of aryl methyl sites for hydroxylation is 1. The molecular weight excluding hydrogens is 759 g/mol. The van der Waals surface area contributed by atoms with Crippen molar-refractivity contribution >= 4 is 17.7 Å². The summed E-state index contributed by atoms with van der Waals surface area (Å²) in [4.78, 5) is 19.9. The summed E-state index contributed by atoms with van der Waals surface area (Å²) in [5, 5.41) is 26.4. The molecule has 3 N–H and O–H groups in total. The summed E-state index contributed by atoms with van der Waals surface area (Å²) in [5.74, 6) is 3.52. The lowest BCUT2D eigenvalue weighted by molar-refractivity contribution is -0.155. The second-order valence-corrected chi connectivity index (χ2v) is 17.5. The van der Waals surface area contributed by atoms with E-state index >= 15 is 0 Å². The normalized spacial score (nSPS) is 26.6. The standard InChI is InChI=1S/C45H51N3O9S/c1-23-15-28-16-29-19-48-32(35-24(2)41(57-30-11-9-8-10-12-30)25(3)42-43(35)56-22-55-42)20-54-44(51)45(31-18-34(52-6)33(49)17-27(31)13-14-46-45)21-58-26(4)37(48)38(47(29)5)36(28)39(50)40(23)53-7/h8-12,15,17-18,26,29,32,37-38,46,49-50H,13-14,16,19-22H2,1-7H3/t26?,29?,32?,37?,38?,45-/m1/s1. The molecule has 0 aliphatic carbocycles. The van der Waals surface area contributed by atoms with E-state index in [0.29, 0.717) is 59.8 Å². The Labute approximate surface area is 343 Å². The van der Waals surface area contributed by atoms with Gasteiger partial charge in [0, 0.05) is 58.4 Å². The Bertz CT molecular complexity index is 2290. The number of fused-ring (bicyclic) bond motifs is 9. The van der Waals surface area contributed by atoms with Gasteiger partial charge in [-0.15, -0.1) is 0 Å². The quantitative estimate of drug-likeness (QED) is 0.187. The maximum atomic E-state index is 15.0. The molecule has 0 amide bonds. The van der Waals surface area contributed by atoms with Crippen LogP contribution in [0.1, 0.15) is 63.5 Å². The van der Waals surface area contributed by atoms with Gasteiger partial charge in [0.25, 0.3) is 0 Å². The summed E-state index contributed by atoms with van der Waals surface area (Å²) >= 11 is 1.70. The number of hydrogen-bond donors (Lipinski definition) is 3. The van der Waals surface area contributed by atoms with Crippen LogP contribution in [0, 0.1) is 20.8 Å². The molecule has 306 valence electrons. The highest BCUT2D eigenvalue weighted by Gasteiger charge is 2.54. The number of aromatic hydroxyl groups is 2. The summed E-state index contributed by atoms with van der Waals surface area (Å²) in [6.07, 6.45) is 1.35. The molecule has 58 heavy (non-hydrogen) atoms. The lowest BCUT2D eigenvalue weighted by atomic mass is 9.77. The number of carbonyl (C=O) groups is 1. The van der Waals surface area contributed by atoms with E-state index in [1.807, 2.05) is 51.1 Å². The average Bonchev–Trinajstić information content (AvgIpc) is 3.70. The molecule has 4 aromatic rings. The molecule has 2 saturated heterocycles. The number of likely N-dealkylation sites (N-methyl/N-ethyl adjacent to an activating group) is 1. The molecule has 2 fully saturated rings. The Kier molecular flexibility index (Phi) is 9.85. The summed E-state index contributed by atoms with van der Waals surface area (Å²) in [6, 6.07) is 14.5. The van der Waals surface area contributed by atoms with E-state index in [-0.39, 0.29) is 48.3 Å². The summed E-state index contributed by atoms with van der Waals surface area (Å²) in [5.41, 5.74) is 5.78. The van der Waals surface area contributed by atoms with Crippen LogP contribution in [0.5, 0.6) is 46.0 Å². The van der Waals surface area contributed by atoms with Crippen LogP contribution in [-0.2, 0) is 27.9 Å². The Hall–Kier alpha value is -4.82. The number of piperazine rings is 1. The minimum atomic E-state index is -1.23. The lowest BCUT2D eigenvalue weighted by Crippen LogP contribution is -2.65. The SMILES string of the molecule is COc1cc2c(cc1O)CCN[C@]21CSC(C)C2C3c4c(cc(C)c(OC)c4O)CC(CN2C(c2c(C)c(Oc4ccccc4)c(C)c4c2OCO4)COC1=O)N3C. The summed E-state index contributed by atoms with van der Waals surface area (Å²) in [6.45, 7) is 9.46. The maximum absolute atomic E-state index is 15.0. The number of benzene rings is 4. The van der Waals surface area contributed by atoms with E-state index < -0.39 is 17.6 Å². The van der Waals surface area contributed by atoms with Crippen molar-refractivity contribution < 1.29 is 43.4 Å². The first-order valence-corrected chi connectivity index (χ1v) is 21.0. The topological polar surface area (TPSA) is 131 Å². The monoisotopic (exact) mass is 809 g/mol. The fourth-order valence-corrected chi connectivity index (χ4v) is 11.7. The van der Waals surface area contributed by atoms with E-state index in [4.69, 9.17) is 28.4 Å². The number of methoxy groups -OCH3 is 2. The van der Waals surface area contributed by atoms with Crippen molar-refractivity contribution in [1.82, 2.24) is 15.1 Å². The Balaban J connectivity index is 1.25. The van der Waals surface area contributed by atoms with Crippen molar-refractivity contribution in [3.63, 3.8) is 0 Å². The Morgan fingerprint density at radius 2 is 1.71 bits per heavy atom. The van der Waals surface area contributed by atoms with Crippen LogP contribution in [0.3, 0.4) is 0 Å². The number of hydrogen-bond acceptors (Lipinski definition) is 13. The molecule has 4 aromatic carbocycles. The number of para-hydroxylation sites is 1. The Morgan fingerprint density at radius 1 is 0.931 bits per heavy atom. The van der Waals surface area contributed by atoms with Gasteiger partial charge in [-0.3, -0.25) is 15.1 Å². The molecule has 9 rings (SSSR count). The molecule has 0 radical (unpaired) electrons. The minimum absolute atomic E-state index is 0.00436. The van der Waals surface area contributed by atoms with Crippen molar-refractivity contribution in [3.8, 4) is 46.0 Å². The second kappa shape index (κ2) is 14.8. The number of cyclic esters (lactones) is 1. The minimum Gasteiger partial charge on any atom is -0.504 e. The third-order valence-corrected chi connectivity index (χ3v) is 14.5. The number of nitrogens with zero attached hydrogens (tertiary/aromatic N) is 2. The highest BCUT2D eigenvalue weighted by molar-refractivity contribution is 8.00. The van der Waals surface area contributed by atoms with Gasteiger partial charge in [0.1, 0.15) is 18.1 Å². The van der Waals surface area contributed by atoms with Gasteiger partial charge in [-0.2, -0.15) is 11.8 Å². The predicted molar refractivity (Wildman–Crippen MR) is 220 cm³/mol. The first-order chi connectivity index (χ1) is 28.0. The van der Waals surface area contributed by atoms with E-state index in [2.05, 4.69) is 35.2 Å². The summed E-state index contributed by atoms with van der Waals surface area (Å²) < 4.78 is 37.3. The molecule has 6 atom stereocenters. The Morgan fingerprint density at radius 3 is 2.47 bits per heavy atom. The second-order valence-electron chi connectivity index (χ2n) is 16.2. The van der Waals surface area contributed by atoms with Gasteiger partial charge in [0.15, 0.2) is 40.0 Å².